The van der Waals surface area contributed by atoms with Crippen molar-refractivity contribution in [3.8, 4) is 11.3 Å². The molecule has 0 aliphatic rings. The quantitative estimate of drug-likeness (QED) is 0.912. The standard InChI is InChI=1S/C12H10ClNO3/c1-17-14-7-9(12(15)16)6-11(14)8-2-4-10(13)5-3-8/h2-7H,1H3,(H,15,16). The van der Waals surface area contributed by atoms with Crippen LogP contribution in [0.1, 0.15) is 10.4 Å². The highest BCUT2D eigenvalue weighted by molar-refractivity contribution is 6.30. The number of rotatable bonds is 3. The third-order valence-corrected chi connectivity index (χ3v) is 2.62. The van der Waals surface area contributed by atoms with Gasteiger partial charge in [0.05, 0.1) is 17.5 Å². The number of halogens is 1. The molecule has 0 saturated carbocycles. The molecular weight excluding hydrogens is 242 g/mol. The molecule has 0 atom stereocenters. The first-order valence-corrected chi connectivity index (χ1v) is 5.25. The summed E-state index contributed by atoms with van der Waals surface area (Å²) >= 11 is 5.80. The minimum absolute atomic E-state index is 0.178. The highest BCUT2D eigenvalue weighted by Crippen LogP contribution is 2.23. The fraction of sp³-hybridized carbons (Fsp3) is 0.0833. The Hall–Kier alpha value is -1.94. The van der Waals surface area contributed by atoms with Crippen LogP contribution in [0, 0.1) is 0 Å². The van der Waals surface area contributed by atoms with E-state index in [2.05, 4.69) is 0 Å². The molecule has 0 bridgehead atoms. The molecule has 0 spiro atoms. The Morgan fingerprint density at radius 3 is 2.53 bits per heavy atom. The maximum Gasteiger partial charge on any atom is 0.337 e. The molecule has 1 aromatic carbocycles. The molecule has 0 unspecified atom stereocenters. The van der Waals surface area contributed by atoms with Crippen molar-refractivity contribution in [1.29, 1.82) is 0 Å². The van der Waals surface area contributed by atoms with Gasteiger partial charge in [-0.15, -0.1) is 0 Å². The summed E-state index contributed by atoms with van der Waals surface area (Å²) < 4.78 is 1.41. The topological polar surface area (TPSA) is 51.5 Å². The number of carboxylic acid groups (broad SMARTS) is 1. The molecule has 4 nitrogen and oxygen atoms in total. The maximum atomic E-state index is 10.9. The van der Waals surface area contributed by atoms with E-state index >= 15 is 0 Å². The van der Waals surface area contributed by atoms with Crippen LogP contribution in [0.4, 0.5) is 0 Å². The monoisotopic (exact) mass is 251 g/mol. The number of benzene rings is 1. The number of aromatic carboxylic acids is 1. The van der Waals surface area contributed by atoms with Crippen molar-refractivity contribution < 1.29 is 14.7 Å². The van der Waals surface area contributed by atoms with Gasteiger partial charge < -0.3 is 9.94 Å². The smallest absolute Gasteiger partial charge is 0.337 e. The molecule has 0 amide bonds. The van der Waals surface area contributed by atoms with Crippen LogP contribution in [0.3, 0.4) is 0 Å². The molecule has 0 fully saturated rings. The SMILES string of the molecule is COn1cc(C(=O)O)cc1-c1ccc(Cl)cc1. The highest BCUT2D eigenvalue weighted by Gasteiger charge is 2.12. The van der Waals surface area contributed by atoms with Gasteiger partial charge in [-0.05, 0) is 18.2 Å². The zero-order chi connectivity index (χ0) is 12.4. The summed E-state index contributed by atoms with van der Waals surface area (Å²) in [5.41, 5.74) is 1.68. The first-order valence-electron chi connectivity index (χ1n) is 4.88. The third-order valence-electron chi connectivity index (χ3n) is 2.37. The lowest BCUT2D eigenvalue weighted by Gasteiger charge is -2.06. The van der Waals surface area contributed by atoms with Crippen molar-refractivity contribution in [2.75, 3.05) is 7.11 Å². The van der Waals surface area contributed by atoms with Crippen molar-refractivity contribution in [2.45, 2.75) is 0 Å². The Balaban J connectivity index is 2.50. The fourth-order valence-corrected chi connectivity index (χ4v) is 1.67. The van der Waals surface area contributed by atoms with Crippen molar-refractivity contribution in [3.05, 3.63) is 47.1 Å². The van der Waals surface area contributed by atoms with E-state index in [9.17, 15) is 4.79 Å². The van der Waals surface area contributed by atoms with Gasteiger partial charge in [0.2, 0.25) is 0 Å². The number of nitrogens with zero attached hydrogens (tertiary/aromatic N) is 1. The minimum Gasteiger partial charge on any atom is -0.478 e. The number of carboxylic acids is 1. The Morgan fingerprint density at radius 2 is 2.00 bits per heavy atom. The lowest BCUT2D eigenvalue weighted by molar-refractivity contribution is 0.0694. The van der Waals surface area contributed by atoms with Crippen molar-refractivity contribution >= 4 is 17.6 Å². The second kappa shape index (κ2) is 4.51. The van der Waals surface area contributed by atoms with Crippen molar-refractivity contribution in [2.24, 2.45) is 0 Å². The predicted molar refractivity (Wildman–Crippen MR) is 64.3 cm³/mol. The van der Waals surface area contributed by atoms with Gasteiger partial charge in [-0.25, -0.2) is 4.79 Å². The van der Waals surface area contributed by atoms with Crippen LogP contribution in [0.25, 0.3) is 11.3 Å². The van der Waals surface area contributed by atoms with Gasteiger partial charge in [0.1, 0.15) is 7.11 Å². The van der Waals surface area contributed by atoms with E-state index in [1.807, 2.05) is 0 Å². The summed E-state index contributed by atoms with van der Waals surface area (Å²) in [4.78, 5) is 16.0. The molecule has 1 aromatic heterocycles. The molecular formula is C12H10ClNO3. The summed E-state index contributed by atoms with van der Waals surface area (Å²) in [7, 11) is 1.48. The first-order chi connectivity index (χ1) is 8.11. The van der Waals surface area contributed by atoms with E-state index in [-0.39, 0.29) is 5.56 Å². The predicted octanol–water partition coefficient (Wildman–Crippen LogP) is 2.57. The summed E-state index contributed by atoms with van der Waals surface area (Å²) in [6.45, 7) is 0. The maximum absolute atomic E-state index is 10.9. The molecule has 1 heterocycles. The molecule has 0 aliphatic carbocycles. The Morgan fingerprint density at radius 1 is 1.35 bits per heavy atom. The molecule has 2 rings (SSSR count). The van der Waals surface area contributed by atoms with E-state index in [0.29, 0.717) is 10.7 Å². The van der Waals surface area contributed by atoms with E-state index in [0.717, 1.165) is 5.56 Å². The van der Waals surface area contributed by atoms with Gasteiger partial charge >= 0.3 is 5.97 Å². The van der Waals surface area contributed by atoms with Gasteiger partial charge in [-0.1, -0.05) is 23.7 Å². The number of aromatic nitrogens is 1. The molecule has 88 valence electrons. The van der Waals surface area contributed by atoms with Crippen LogP contribution >= 0.6 is 11.6 Å². The summed E-state index contributed by atoms with van der Waals surface area (Å²) in [6, 6.07) is 8.64. The van der Waals surface area contributed by atoms with Gasteiger partial charge in [0, 0.05) is 10.6 Å². The average molecular weight is 252 g/mol. The average Bonchev–Trinajstić information content (AvgIpc) is 2.74. The lowest BCUT2D eigenvalue weighted by atomic mass is 10.1. The van der Waals surface area contributed by atoms with Crippen LogP contribution < -0.4 is 4.84 Å². The Kier molecular flexibility index (Phi) is 3.06. The second-order valence-corrected chi connectivity index (χ2v) is 3.87. The lowest BCUT2D eigenvalue weighted by Crippen LogP contribution is -2.05. The summed E-state index contributed by atoms with van der Waals surface area (Å²) in [5, 5.41) is 9.55. The number of hydrogen-bond donors (Lipinski definition) is 1. The van der Waals surface area contributed by atoms with Gasteiger partial charge in [-0.3, -0.25) is 0 Å². The van der Waals surface area contributed by atoms with Crippen LogP contribution in [0.15, 0.2) is 36.5 Å². The van der Waals surface area contributed by atoms with Crippen LogP contribution in [0.5, 0.6) is 0 Å². The van der Waals surface area contributed by atoms with E-state index in [4.69, 9.17) is 21.5 Å². The fourth-order valence-electron chi connectivity index (χ4n) is 1.54. The number of hydrogen-bond acceptors (Lipinski definition) is 2. The normalized spacial score (nSPS) is 10.2. The van der Waals surface area contributed by atoms with Crippen molar-refractivity contribution in [3.63, 3.8) is 0 Å². The zero-order valence-corrected chi connectivity index (χ0v) is 9.81. The van der Waals surface area contributed by atoms with Crippen molar-refractivity contribution in [1.82, 2.24) is 4.73 Å². The van der Waals surface area contributed by atoms with Crippen LogP contribution in [-0.2, 0) is 0 Å². The summed E-state index contributed by atoms with van der Waals surface area (Å²) in [6.07, 6.45) is 1.42. The Bertz CT molecular complexity index is 545. The molecule has 0 aliphatic heterocycles. The van der Waals surface area contributed by atoms with E-state index in [1.165, 1.54) is 18.0 Å². The molecule has 5 heteroatoms. The largest absolute Gasteiger partial charge is 0.478 e. The second-order valence-electron chi connectivity index (χ2n) is 3.43. The molecule has 17 heavy (non-hydrogen) atoms. The highest BCUT2D eigenvalue weighted by atomic mass is 35.5. The third kappa shape index (κ3) is 2.26. The van der Waals surface area contributed by atoms with E-state index in [1.54, 1.807) is 30.3 Å². The van der Waals surface area contributed by atoms with Crippen LogP contribution in [0.2, 0.25) is 5.02 Å². The van der Waals surface area contributed by atoms with E-state index < -0.39 is 5.97 Å². The van der Waals surface area contributed by atoms with Gasteiger partial charge in [0.15, 0.2) is 0 Å². The Labute approximate surface area is 103 Å². The summed E-state index contributed by atoms with van der Waals surface area (Å²) in [5.74, 6) is -0.990. The molecule has 2 aromatic rings. The molecule has 1 N–H and O–H groups in total. The van der Waals surface area contributed by atoms with Gasteiger partial charge in [0.25, 0.3) is 0 Å². The first kappa shape index (κ1) is 11.5. The zero-order valence-electron chi connectivity index (χ0n) is 9.05. The van der Waals surface area contributed by atoms with Crippen LogP contribution in [-0.4, -0.2) is 22.9 Å². The minimum atomic E-state index is -0.990. The van der Waals surface area contributed by atoms with Gasteiger partial charge in [-0.2, -0.15) is 4.73 Å². The molecule has 0 radical (unpaired) electrons. The molecule has 0 saturated heterocycles. The number of carbonyl (C=O) groups is 1.